The molecular formula is C12H15NO5. The predicted molar refractivity (Wildman–Crippen MR) is 63.7 cm³/mol. The van der Waals surface area contributed by atoms with Crippen LogP contribution < -0.4 is 4.74 Å². The van der Waals surface area contributed by atoms with Gasteiger partial charge >= 0.3 is 12.2 Å². The summed E-state index contributed by atoms with van der Waals surface area (Å²) in [4.78, 5) is 21.6. The Morgan fingerprint density at radius 1 is 1.28 bits per heavy atom. The van der Waals surface area contributed by atoms with Gasteiger partial charge in [0.05, 0.1) is 4.92 Å². The van der Waals surface area contributed by atoms with Crippen LogP contribution in [0.2, 0.25) is 0 Å². The zero-order valence-corrected chi connectivity index (χ0v) is 10.5. The molecule has 18 heavy (non-hydrogen) atoms. The number of nitro groups is 1. The number of hydrogen-bond acceptors (Lipinski definition) is 5. The molecule has 6 nitrogen and oxygen atoms in total. The Balaban J connectivity index is 2.78. The van der Waals surface area contributed by atoms with Crippen molar-refractivity contribution in [1.82, 2.24) is 0 Å². The molecule has 1 unspecified atom stereocenters. The quantitative estimate of drug-likeness (QED) is 0.355. The van der Waals surface area contributed by atoms with Crippen molar-refractivity contribution in [1.29, 1.82) is 0 Å². The highest BCUT2D eigenvalue weighted by molar-refractivity contribution is 5.73. The van der Waals surface area contributed by atoms with Gasteiger partial charge in [0.2, 0.25) is 0 Å². The summed E-state index contributed by atoms with van der Waals surface area (Å²) in [7, 11) is 0. The van der Waals surface area contributed by atoms with Gasteiger partial charge in [-0.05, 0) is 32.9 Å². The van der Waals surface area contributed by atoms with E-state index in [1.54, 1.807) is 39.0 Å². The van der Waals surface area contributed by atoms with Crippen molar-refractivity contribution in [2.45, 2.75) is 32.6 Å². The van der Waals surface area contributed by atoms with E-state index in [1.165, 1.54) is 12.1 Å². The van der Waals surface area contributed by atoms with E-state index >= 15 is 0 Å². The first-order chi connectivity index (χ1) is 8.29. The number of carbonyl (C=O) groups excluding carboxylic acids is 1. The van der Waals surface area contributed by atoms with Crippen molar-refractivity contribution in [3.63, 3.8) is 0 Å². The fraction of sp³-hybridized carbons (Fsp3) is 0.417. The molecule has 0 amide bonds. The average molecular weight is 253 g/mol. The fourth-order valence-corrected chi connectivity index (χ4v) is 1.16. The topological polar surface area (TPSA) is 78.7 Å². The number of rotatable bonds is 4. The van der Waals surface area contributed by atoms with Gasteiger partial charge < -0.3 is 9.47 Å². The second-order valence-corrected chi connectivity index (χ2v) is 4.60. The summed E-state index contributed by atoms with van der Waals surface area (Å²) in [5.41, 5.74) is -0.800. The highest BCUT2D eigenvalue weighted by Gasteiger charge is 2.36. The van der Waals surface area contributed by atoms with Crippen molar-refractivity contribution in [3.8, 4) is 5.75 Å². The van der Waals surface area contributed by atoms with Crippen LogP contribution in [0.1, 0.15) is 20.8 Å². The van der Waals surface area contributed by atoms with Crippen molar-refractivity contribution in [2.24, 2.45) is 0 Å². The minimum atomic E-state index is -1.85. The van der Waals surface area contributed by atoms with Crippen LogP contribution in [0.15, 0.2) is 30.3 Å². The van der Waals surface area contributed by atoms with E-state index in [-0.39, 0.29) is 5.75 Å². The van der Waals surface area contributed by atoms with Crippen LogP contribution in [0.5, 0.6) is 5.75 Å². The largest absolute Gasteiger partial charge is 0.452 e. The van der Waals surface area contributed by atoms with Gasteiger partial charge in [0.15, 0.2) is 0 Å². The van der Waals surface area contributed by atoms with Gasteiger partial charge in [-0.15, -0.1) is 0 Å². The van der Waals surface area contributed by atoms with Crippen LogP contribution in [0.25, 0.3) is 0 Å². The number of hydrogen-bond donors (Lipinski definition) is 0. The third kappa shape index (κ3) is 4.40. The molecule has 98 valence electrons. The number of benzene rings is 1. The third-order valence-corrected chi connectivity index (χ3v) is 1.79. The molecule has 0 heterocycles. The standard InChI is InChI=1S/C12H15NO5/c1-12(2,3)18-11(14)10(13(15)16)17-9-7-5-4-6-8-9/h4-8,10H,1-3H3. The van der Waals surface area contributed by atoms with Crippen LogP contribution >= 0.6 is 0 Å². The Kier molecular flexibility index (Phi) is 4.25. The zero-order chi connectivity index (χ0) is 13.8. The highest BCUT2D eigenvalue weighted by atomic mass is 16.7. The molecule has 0 saturated carbocycles. The fourth-order valence-electron chi connectivity index (χ4n) is 1.16. The van der Waals surface area contributed by atoms with Crippen LogP contribution in [0.4, 0.5) is 0 Å². The Morgan fingerprint density at radius 2 is 1.83 bits per heavy atom. The van der Waals surface area contributed by atoms with Crippen LogP contribution in [-0.2, 0) is 9.53 Å². The molecule has 0 radical (unpaired) electrons. The summed E-state index contributed by atoms with van der Waals surface area (Å²) in [6.07, 6.45) is -1.85. The van der Waals surface area contributed by atoms with E-state index in [0.29, 0.717) is 0 Å². The first-order valence-electron chi connectivity index (χ1n) is 5.37. The summed E-state index contributed by atoms with van der Waals surface area (Å²) in [5.74, 6) is -0.776. The molecule has 0 aromatic heterocycles. The number of nitrogens with zero attached hydrogens (tertiary/aromatic N) is 1. The third-order valence-electron chi connectivity index (χ3n) is 1.79. The van der Waals surface area contributed by atoms with Crippen LogP contribution in [0, 0.1) is 10.1 Å². The van der Waals surface area contributed by atoms with Gasteiger partial charge in [0.1, 0.15) is 11.4 Å². The molecule has 0 saturated heterocycles. The first-order valence-corrected chi connectivity index (χ1v) is 5.37. The summed E-state index contributed by atoms with van der Waals surface area (Å²) in [6, 6.07) is 8.10. The SMILES string of the molecule is CC(C)(C)OC(=O)C(Oc1ccccc1)[N+](=O)[O-]. The molecule has 1 aromatic carbocycles. The second kappa shape index (κ2) is 5.48. The van der Waals surface area contributed by atoms with Gasteiger partial charge in [-0.2, -0.15) is 0 Å². The van der Waals surface area contributed by atoms with Crippen molar-refractivity contribution >= 4 is 5.97 Å². The summed E-state index contributed by atoms with van der Waals surface area (Å²) < 4.78 is 9.94. The Bertz CT molecular complexity index is 424. The molecule has 0 aliphatic carbocycles. The first kappa shape index (κ1) is 14.0. The van der Waals surface area contributed by atoms with Gasteiger partial charge in [0, 0.05) is 0 Å². The predicted octanol–water partition coefficient (Wildman–Crippen LogP) is 2.01. The Morgan fingerprint density at radius 3 is 2.28 bits per heavy atom. The van der Waals surface area contributed by atoms with E-state index in [4.69, 9.17) is 9.47 Å². The van der Waals surface area contributed by atoms with Gasteiger partial charge in [-0.3, -0.25) is 10.1 Å². The number of esters is 1. The Hall–Kier alpha value is -2.11. The number of para-hydroxylation sites is 1. The molecule has 1 atom stereocenters. The lowest BCUT2D eigenvalue weighted by molar-refractivity contribution is -0.549. The molecule has 1 rings (SSSR count). The molecule has 0 fully saturated rings. The highest BCUT2D eigenvalue weighted by Crippen LogP contribution is 2.14. The van der Waals surface area contributed by atoms with E-state index in [9.17, 15) is 14.9 Å². The number of ether oxygens (including phenoxy) is 2. The molecule has 0 N–H and O–H groups in total. The van der Waals surface area contributed by atoms with Gasteiger partial charge in [0.25, 0.3) is 0 Å². The molecular weight excluding hydrogens is 238 g/mol. The smallest absolute Gasteiger partial charge is 0.452 e. The molecule has 1 aromatic rings. The monoisotopic (exact) mass is 253 g/mol. The average Bonchev–Trinajstić information content (AvgIpc) is 2.24. The molecule has 0 aliphatic rings. The van der Waals surface area contributed by atoms with Crippen molar-refractivity contribution in [3.05, 3.63) is 40.4 Å². The lowest BCUT2D eigenvalue weighted by Gasteiger charge is -2.20. The summed E-state index contributed by atoms with van der Waals surface area (Å²) in [5, 5.41) is 10.8. The molecule has 0 bridgehead atoms. The minimum Gasteiger partial charge on any atom is -0.452 e. The van der Waals surface area contributed by atoms with E-state index in [2.05, 4.69) is 0 Å². The second-order valence-electron chi connectivity index (χ2n) is 4.60. The summed E-state index contributed by atoms with van der Waals surface area (Å²) in [6.45, 7) is 4.89. The van der Waals surface area contributed by atoms with Gasteiger partial charge in [-0.1, -0.05) is 18.2 Å². The molecule has 6 heteroatoms. The number of carbonyl (C=O) groups is 1. The zero-order valence-electron chi connectivity index (χ0n) is 10.5. The van der Waals surface area contributed by atoms with Crippen LogP contribution in [0.3, 0.4) is 0 Å². The molecule has 0 aliphatic heterocycles. The Labute approximate surface area is 105 Å². The molecule has 0 spiro atoms. The lowest BCUT2D eigenvalue weighted by Crippen LogP contribution is -2.40. The van der Waals surface area contributed by atoms with E-state index in [0.717, 1.165) is 0 Å². The maximum atomic E-state index is 11.6. The minimum absolute atomic E-state index is 0.241. The van der Waals surface area contributed by atoms with E-state index in [1.807, 2.05) is 0 Å². The lowest BCUT2D eigenvalue weighted by atomic mass is 10.2. The normalized spacial score (nSPS) is 12.6. The van der Waals surface area contributed by atoms with E-state index < -0.39 is 22.7 Å². The van der Waals surface area contributed by atoms with Crippen LogP contribution in [-0.4, -0.2) is 22.7 Å². The summed E-state index contributed by atoms with van der Waals surface area (Å²) >= 11 is 0. The van der Waals surface area contributed by atoms with Crippen molar-refractivity contribution in [2.75, 3.05) is 0 Å². The van der Waals surface area contributed by atoms with Gasteiger partial charge in [-0.25, -0.2) is 4.79 Å². The maximum absolute atomic E-state index is 11.6. The maximum Gasteiger partial charge on any atom is 0.452 e. The van der Waals surface area contributed by atoms with Crippen molar-refractivity contribution < 1.29 is 19.2 Å².